The monoisotopic (exact) mass is 389 g/mol. The Bertz CT molecular complexity index is 920. The summed E-state index contributed by atoms with van der Waals surface area (Å²) in [6, 6.07) is 11.9. The number of hydrogen-bond donors (Lipinski definition) is 1. The fourth-order valence-electron chi connectivity index (χ4n) is 3.39. The number of para-hydroxylation sites is 1. The summed E-state index contributed by atoms with van der Waals surface area (Å²) in [4.78, 5) is 27.1. The van der Waals surface area contributed by atoms with E-state index >= 15 is 0 Å². The SMILES string of the molecule is C=N/C=C\C=C(/C)c1cc(Nc2ccccc2)nc(C2CCCN(C(C)=O)C2)n1. The Labute approximate surface area is 172 Å². The molecule has 3 rings (SSSR count). The average Bonchev–Trinajstić information content (AvgIpc) is 2.74. The number of nitrogens with one attached hydrogen (secondary N) is 1. The normalized spacial score (nSPS) is 17.4. The Kier molecular flexibility index (Phi) is 6.89. The number of aliphatic imine (C=N–C) groups is 1. The van der Waals surface area contributed by atoms with Gasteiger partial charge in [0.25, 0.3) is 0 Å². The van der Waals surface area contributed by atoms with E-state index < -0.39 is 0 Å². The second-order valence-corrected chi connectivity index (χ2v) is 7.17. The van der Waals surface area contributed by atoms with Gasteiger partial charge in [0.2, 0.25) is 5.91 Å². The summed E-state index contributed by atoms with van der Waals surface area (Å²) in [7, 11) is 0. The van der Waals surface area contributed by atoms with Gasteiger partial charge in [-0.2, -0.15) is 0 Å². The van der Waals surface area contributed by atoms with Crippen LogP contribution in [0.3, 0.4) is 0 Å². The molecule has 1 aromatic carbocycles. The van der Waals surface area contributed by atoms with Gasteiger partial charge < -0.3 is 10.2 Å². The standard InChI is InChI=1S/C23H27N5O/c1-17(9-7-13-24-3)21-15-22(25-20-11-5-4-6-12-20)27-23(26-21)19-10-8-14-28(16-19)18(2)29/h4-7,9,11-13,15,19H,3,8,10,14,16H2,1-2H3,(H,25,26,27)/b13-7-,17-9+. The number of carbonyl (C=O) groups excluding carboxylic acids is 1. The number of aromatic nitrogens is 2. The number of allylic oxidation sites excluding steroid dienone is 3. The van der Waals surface area contributed by atoms with Crippen LogP contribution in [-0.4, -0.2) is 40.6 Å². The largest absolute Gasteiger partial charge is 0.342 e. The first-order chi connectivity index (χ1) is 14.1. The van der Waals surface area contributed by atoms with E-state index in [9.17, 15) is 4.79 Å². The number of nitrogens with zero attached hydrogens (tertiary/aromatic N) is 4. The summed E-state index contributed by atoms with van der Waals surface area (Å²) in [6.45, 7) is 8.55. The topological polar surface area (TPSA) is 70.5 Å². The van der Waals surface area contributed by atoms with Gasteiger partial charge in [0.05, 0.1) is 5.69 Å². The van der Waals surface area contributed by atoms with Crippen LogP contribution in [0.25, 0.3) is 5.57 Å². The fourth-order valence-corrected chi connectivity index (χ4v) is 3.39. The van der Waals surface area contributed by atoms with E-state index in [1.807, 2.05) is 60.4 Å². The van der Waals surface area contributed by atoms with Gasteiger partial charge >= 0.3 is 0 Å². The molecule has 1 amide bonds. The van der Waals surface area contributed by atoms with Crippen molar-refractivity contribution in [3.05, 3.63) is 66.3 Å². The van der Waals surface area contributed by atoms with E-state index in [0.29, 0.717) is 6.54 Å². The van der Waals surface area contributed by atoms with Crippen LogP contribution in [0.1, 0.15) is 44.1 Å². The average molecular weight is 390 g/mol. The Hall–Kier alpha value is -3.28. The maximum atomic E-state index is 11.8. The first kappa shape index (κ1) is 20.5. The molecule has 1 fully saturated rings. The Morgan fingerprint density at radius 3 is 2.79 bits per heavy atom. The van der Waals surface area contributed by atoms with Crippen LogP contribution in [0.2, 0.25) is 0 Å². The van der Waals surface area contributed by atoms with Crippen molar-refractivity contribution in [3.63, 3.8) is 0 Å². The zero-order valence-corrected chi connectivity index (χ0v) is 17.0. The molecule has 6 heteroatoms. The predicted molar refractivity (Wildman–Crippen MR) is 118 cm³/mol. The lowest BCUT2D eigenvalue weighted by molar-refractivity contribution is -0.130. The van der Waals surface area contributed by atoms with Crippen molar-refractivity contribution in [2.45, 2.75) is 32.6 Å². The fraction of sp³-hybridized carbons (Fsp3) is 0.304. The predicted octanol–water partition coefficient (Wildman–Crippen LogP) is 4.56. The van der Waals surface area contributed by atoms with E-state index in [1.165, 1.54) is 0 Å². The van der Waals surface area contributed by atoms with Gasteiger partial charge in [-0.15, -0.1) is 0 Å². The lowest BCUT2D eigenvalue weighted by atomic mass is 9.97. The molecule has 0 aliphatic carbocycles. The second kappa shape index (κ2) is 9.78. The zero-order chi connectivity index (χ0) is 20.6. The lowest BCUT2D eigenvalue weighted by Gasteiger charge is -2.31. The molecule has 150 valence electrons. The van der Waals surface area contributed by atoms with Crippen molar-refractivity contribution >= 4 is 29.7 Å². The first-order valence-electron chi connectivity index (χ1n) is 9.83. The third-order valence-corrected chi connectivity index (χ3v) is 4.96. The minimum atomic E-state index is 0.103. The van der Waals surface area contributed by atoms with Crippen LogP contribution >= 0.6 is 0 Å². The van der Waals surface area contributed by atoms with Gasteiger partial charge in [-0.3, -0.25) is 9.79 Å². The van der Waals surface area contributed by atoms with Crippen molar-refractivity contribution in [3.8, 4) is 0 Å². The molecule has 6 nitrogen and oxygen atoms in total. The quantitative estimate of drug-likeness (QED) is 0.581. The molecule has 1 saturated heterocycles. The molecule has 0 saturated carbocycles. The van der Waals surface area contributed by atoms with Crippen molar-refractivity contribution < 1.29 is 4.79 Å². The van der Waals surface area contributed by atoms with Crippen molar-refractivity contribution in [1.82, 2.24) is 14.9 Å². The van der Waals surface area contributed by atoms with E-state index in [4.69, 9.17) is 9.97 Å². The molecule has 1 aromatic heterocycles. The molecule has 1 atom stereocenters. The molecule has 2 heterocycles. The molecule has 1 aliphatic heterocycles. The minimum Gasteiger partial charge on any atom is -0.342 e. The third kappa shape index (κ3) is 5.60. The molecule has 0 bridgehead atoms. The van der Waals surface area contributed by atoms with E-state index in [0.717, 1.165) is 48.0 Å². The van der Waals surface area contributed by atoms with Crippen molar-refractivity contribution in [1.29, 1.82) is 0 Å². The van der Waals surface area contributed by atoms with Crippen LogP contribution in [0.5, 0.6) is 0 Å². The second-order valence-electron chi connectivity index (χ2n) is 7.17. The van der Waals surface area contributed by atoms with Crippen LogP contribution in [0.4, 0.5) is 11.5 Å². The molecule has 29 heavy (non-hydrogen) atoms. The molecule has 0 spiro atoms. The van der Waals surface area contributed by atoms with Gasteiger partial charge in [-0.05, 0) is 50.3 Å². The number of hydrogen-bond acceptors (Lipinski definition) is 5. The number of anilines is 2. The van der Waals surface area contributed by atoms with Gasteiger partial charge in [0.15, 0.2) is 0 Å². The number of likely N-dealkylation sites (tertiary alicyclic amines) is 1. The summed E-state index contributed by atoms with van der Waals surface area (Å²) >= 11 is 0. The maximum absolute atomic E-state index is 11.8. The number of benzene rings is 1. The van der Waals surface area contributed by atoms with Gasteiger partial charge in [-0.1, -0.05) is 24.3 Å². The summed E-state index contributed by atoms with van der Waals surface area (Å²) in [5.41, 5.74) is 2.82. The smallest absolute Gasteiger partial charge is 0.219 e. The lowest BCUT2D eigenvalue weighted by Crippen LogP contribution is -2.38. The van der Waals surface area contributed by atoms with Crippen LogP contribution in [0.15, 0.2) is 59.7 Å². The van der Waals surface area contributed by atoms with Crippen LogP contribution in [0, 0.1) is 0 Å². The Morgan fingerprint density at radius 1 is 1.28 bits per heavy atom. The van der Waals surface area contributed by atoms with Crippen LogP contribution < -0.4 is 5.32 Å². The van der Waals surface area contributed by atoms with Gasteiger partial charge in [0, 0.05) is 43.9 Å². The molecule has 1 unspecified atom stereocenters. The highest BCUT2D eigenvalue weighted by Crippen LogP contribution is 2.28. The third-order valence-electron chi connectivity index (χ3n) is 4.96. The Morgan fingerprint density at radius 2 is 2.07 bits per heavy atom. The summed E-state index contributed by atoms with van der Waals surface area (Å²) in [6.07, 6.45) is 7.37. The minimum absolute atomic E-state index is 0.103. The number of rotatable bonds is 6. The summed E-state index contributed by atoms with van der Waals surface area (Å²) < 4.78 is 0. The highest BCUT2D eigenvalue weighted by atomic mass is 16.2. The molecule has 0 radical (unpaired) electrons. The van der Waals surface area contributed by atoms with E-state index in [-0.39, 0.29) is 11.8 Å². The van der Waals surface area contributed by atoms with Crippen LogP contribution in [-0.2, 0) is 4.79 Å². The van der Waals surface area contributed by atoms with Gasteiger partial charge in [-0.25, -0.2) is 9.97 Å². The van der Waals surface area contributed by atoms with Crippen molar-refractivity contribution in [2.75, 3.05) is 18.4 Å². The highest BCUT2D eigenvalue weighted by Gasteiger charge is 2.25. The maximum Gasteiger partial charge on any atom is 0.219 e. The molecule has 2 aromatic rings. The molecule has 1 aliphatic rings. The number of piperidine rings is 1. The zero-order valence-electron chi connectivity index (χ0n) is 17.0. The number of amides is 1. The summed E-state index contributed by atoms with van der Waals surface area (Å²) in [5.74, 6) is 1.74. The Balaban J connectivity index is 1.95. The summed E-state index contributed by atoms with van der Waals surface area (Å²) in [5, 5.41) is 3.37. The molecular weight excluding hydrogens is 362 g/mol. The van der Waals surface area contributed by atoms with Crippen molar-refractivity contribution in [2.24, 2.45) is 4.99 Å². The van der Waals surface area contributed by atoms with Gasteiger partial charge in [0.1, 0.15) is 11.6 Å². The molecule has 1 N–H and O–H groups in total. The first-order valence-corrected chi connectivity index (χ1v) is 9.83. The van der Waals surface area contributed by atoms with E-state index in [1.54, 1.807) is 13.1 Å². The van der Waals surface area contributed by atoms with E-state index in [2.05, 4.69) is 17.0 Å². The molecular formula is C23H27N5O. The highest BCUT2D eigenvalue weighted by molar-refractivity contribution is 5.73. The number of carbonyl (C=O) groups is 1.